The van der Waals surface area contributed by atoms with Gasteiger partial charge in [0.1, 0.15) is 9.52 Å². The molecule has 0 saturated heterocycles. The molecule has 0 amide bonds. The van der Waals surface area contributed by atoms with Crippen molar-refractivity contribution in [2.45, 2.75) is 13.8 Å². The maximum absolute atomic E-state index is 2.36. The Morgan fingerprint density at radius 2 is 1.79 bits per heavy atom. The van der Waals surface area contributed by atoms with E-state index < -0.39 is 0 Å². The Morgan fingerprint density at radius 3 is 2.36 bits per heavy atom. The largest absolute Gasteiger partial charge is 0.121 e. The third-order valence-corrected chi connectivity index (χ3v) is 3.50. The van der Waals surface area contributed by atoms with Gasteiger partial charge in [-0.3, -0.25) is 0 Å². The molecule has 0 unspecified atom stereocenters. The van der Waals surface area contributed by atoms with E-state index in [1.807, 2.05) is 0 Å². The van der Waals surface area contributed by atoms with E-state index in [2.05, 4.69) is 62.4 Å². The maximum Gasteiger partial charge on any atom is 0.121 e. The number of allylic oxidation sites excluding steroid dienone is 4. The molecule has 0 aliphatic heterocycles. The van der Waals surface area contributed by atoms with Crippen molar-refractivity contribution in [1.82, 2.24) is 0 Å². The monoisotopic (exact) mass is 198 g/mol. The molecule has 0 spiro atoms. The van der Waals surface area contributed by atoms with Crippen molar-refractivity contribution in [3.8, 4) is 0 Å². The molecule has 2 radical (unpaired) electrons. The zero-order valence-electron chi connectivity index (χ0n) is 8.62. The molecule has 1 aromatic rings. The third kappa shape index (κ3) is 2.24. The van der Waals surface area contributed by atoms with Crippen LogP contribution in [-0.4, -0.2) is 9.52 Å². The first-order valence-corrected chi connectivity index (χ1v) is 5.90. The normalized spacial score (nSPS) is 18.3. The van der Waals surface area contributed by atoms with Gasteiger partial charge in [0.25, 0.3) is 0 Å². The van der Waals surface area contributed by atoms with Gasteiger partial charge in [0.2, 0.25) is 0 Å². The average Bonchev–Trinajstić information content (AvgIpc) is 2.47. The Balaban J connectivity index is 2.11. The van der Waals surface area contributed by atoms with Crippen molar-refractivity contribution in [2.75, 3.05) is 0 Å². The molecule has 0 bridgehead atoms. The Labute approximate surface area is 88.2 Å². The van der Waals surface area contributed by atoms with Crippen molar-refractivity contribution in [1.29, 1.82) is 0 Å². The Morgan fingerprint density at radius 1 is 1.07 bits per heavy atom. The summed E-state index contributed by atoms with van der Waals surface area (Å²) in [6.45, 7) is 4.48. The van der Waals surface area contributed by atoms with E-state index >= 15 is 0 Å². The first-order valence-electron chi connectivity index (χ1n) is 4.90. The summed E-state index contributed by atoms with van der Waals surface area (Å²) in [5.74, 6) is 0. The minimum absolute atomic E-state index is 0.261. The predicted molar refractivity (Wildman–Crippen MR) is 62.8 cm³/mol. The van der Waals surface area contributed by atoms with Crippen LogP contribution in [0, 0.1) is 5.41 Å². The minimum atomic E-state index is 0.261. The Kier molecular flexibility index (Phi) is 2.42. The van der Waals surface area contributed by atoms with Gasteiger partial charge in [0, 0.05) is 5.41 Å². The zero-order valence-corrected chi connectivity index (χ0v) is 9.62. The highest BCUT2D eigenvalue weighted by molar-refractivity contribution is 6.61. The Bertz CT molecular complexity index is 371. The lowest BCUT2D eigenvalue weighted by atomic mass is 9.97. The van der Waals surface area contributed by atoms with Gasteiger partial charge in [-0.2, -0.15) is 0 Å². The van der Waals surface area contributed by atoms with Gasteiger partial charge >= 0.3 is 0 Å². The van der Waals surface area contributed by atoms with Crippen molar-refractivity contribution in [2.24, 2.45) is 5.41 Å². The van der Waals surface area contributed by atoms with Crippen LogP contribution in [0.15, 0.2) is 53.8 Å². The summed E-state index contributed by atoms with van der Waals surface area (Å²) in [6, 6.07) is 10.7. The molecule has 0 aromatic heterocycles. The SMILES string of the molecule is CC1(C)C=CC([Si]c2ccccc2)=C1. The molecule has 1 aliphatic carbocycles. The summed E-state index contributed by atoms with van der Waals surface area (Å²) in [7, 11) is 0.799. The number of benzene rings is 1. The van der Waals surface area contributed by atoms with Crippen LogP contribution in [0.1, 0.15) is 13.8 Å². The molecule has 0 fully saturated rings. The fraction of sp³-hybridized carbons (Fsp3) is 0.231. The molecule has 14 heavy (non-hydrogen) atoms. The lowest BCUT2D eigenvalue weighted by Crippen LogP contribution is -2.14. The summed E-state index contributed by atoms with van der Waals surface area (Å²) in [4.78, 5) is 0. The van der Waals surface area contributed by atoms with Gasteiger partial charge in [-0.05, 0) is 0 Å². The topological polar surface area (TPSA) is 0 Å². The molecule has 0 atom stereocenters. The van der Waals surface area contributed by atoms with Crippen LogP contribution < -0.4 is 5.19 Å². The predicted octanol–water partition coefficient (Wildman–Crippen LogP) is 2.50. The standard InChI is InChI=1S/C13H14Si/c1-13(2)9-8-12(10-13)14-11-6-4-3-5-7-11/h3-10H,1-2H3. The van der Waals surface area contributed by atoms with Crippen LogP contribution in [0.4, 0.5) is 0 Å². The molecule has 1 heteroatoms. The van der Waals surface area contributed by atoms with Crippen LogP contribution in [-0.2, 0) is 0 Å². The molecular formula is C13H14Si. The van der Waals surface area contributed by atoms with Gasteiger partial charge in [-0.15, -0.1) is 0 Å². The fourth-order valence-corrected chi connectivity index (χ4v) is 2.87. The van der Waals surface area contributed by atoms with E-state index in [0.717, 1.165) is 9.52 Å². The van der Waals surface area contributed by atoms with Crippen molar-refractivity contribution in [3.63, 3.8) is 0 Å². The van der Waals surface area contributed by atoms with E-state index in [9.17, 15) is 0 Å². The van der Waals surface area contributed by atoms with Crippen LogP contribution in [0.25, 0.3) is 0 Å². The molecule has 1 aliphatic rings. The highest BCUT2D eigenvalue weighted by Crippen LogP contribution is 2.27. The van der Waals surface area contributed by atoms with E-state index in [1.54, 1.807) is 0 Å². The molecule has 0 heterocycles. The number of hydrogen-bond donors (Lipinski definition) is 0. The summed E-state index contributed by atoms with van der Waals surface area (Å²) in [6.07, 6.45) is 6.89. The second kappa shape index (κ2) is 3.58. The van der Waals surface area contributed by atoms with Crippen LogP contribution >= 0.6 is 0 Å². The second-order valence-electron chi connectivity index (χ2n) is 4.25. The Hall–Kier alpha value is -1.08. The summed E-state index contributed by atoms with van der Waals surface area (Å²) < 4.78 is 0. The fourth-order valence-electron chi connectivity index (χ4n) is 1.57. The number of hydrogen-bond acceptors (Lipinski definition) is 0. The summed E-state index contributed by atoms with van der Waals surface area (Å²) in [5.41, 5.74) is 0.261. The molecule has 0 nitrogen and oxygen atoms in total. The van der Waals surface area contributed by atoms with Crippen molar-refractivity contribution in [3.05, 3.63) is 53.8 Å². The van der Waals surface area contributed by atoms with Gasteiger partial charge in [-0.25, -0.2) is 0 Å². The smallest absolute Gasteiger partial charge is 0.0759 e. The van der Waals surface area contributed by atoms with Gasteiger partial charge in [0.05, 0.1) is 0 Å². The maximum atomic E-state index is 2.36. The van der Waals surface area contributed by atoms with Gasteiger partial charge in [-0.1, -0.05) is 72.8 Å². The summed E-state index contributed by atoms with van der Waals surface area (Å²) >= 11 is 0. The van der Waals surface area contributed by atoms with Crippen molar-refractivity contribution >= 4 is 14.7 Å². The molecule has 70 valence electrons. The van der Waals surface area contributed by atoms with Gasteiger partial charge in [0.15, 0.2) is 0 Å². The highest BCUT2D eigenvalue weighted by Gasteiger charge is 2.16. The first-order chi connectivity index (χ1) is 6.66. The highest BCUT2D eigenvalue weighted by atomic mass is 28.2. The lowest BCUT2D eigenvalue weighted by molar-refractivity contribution is 0.636. The quantitative estimate of drug-likeness (QED) is 0.641. The third-order valence-electron chi connectivity index (χ3n) is 2.28. The summed E-state index contributed by atoms with van der Waals surface area (Å²) in [5, 5.41) is 2.88. The molecular weight excluding hydrogens is 184 g/mol. The van der Waals surface area contributed by atoms with Crippen molar-refractivity contribution < 1.29 is 0 Å². The molecule has 0 N–H and O–H groups in total. The zero-order chi connectivity index (χ0) is 10.0. The minimum Gasteiger partial charge on any atom is -0.0759 e. The number of rotatable bonds is 2. The van der Waals surface area contributed by atoms with E-state index in [4.69, 9.17) is 0 Å². The van der Waals surface area contributed by atoms with Gasteiger partial charge < -0.3 is 0 Å². The van der Waals surface area contributed by atoms with Crippen LogP contribution in [0.5, 0.6) is 0 Å². The molecule has 2 rings (SSSR count). The van der Waals surface area contributed by atoms with Crippen LogP contribution in [0.2, 0.25) is 0 Å². The first kappa shape index (κ1) is 9.47. The van der Waals surface area contributed by atoms with E-state index in [0.29, 0.717) is 0 Å². The lowest BCUT2D eigenvalue weighted by Gasteiger charge is -2.09. The van der Waals surface area contributed by atoms with E-state index in [1.165, 1.54) is 10.4 Å². The second-order valence-corrected chi connectivity index (χ2v) is 5.65. The average molecular weight is 198 g/mol. The van der Waals surface area contributed by atoms with E-state index in [-0.39, 0.29) is 5.41 Å². The molecule has 0 saturated carbocycles. The molecule has 1 aromatic carbocycles. The van der Waals surface area contributed by atoms with Crippen LogP contribution in [0.3, 0.4) is 0 Å².